The molecule has 6 nitrogen and oxygen atoms in total. The van der Waals surface area contributed by atoms with Gasteiger partial charge in [0.1, 0.15) is 11.5 Å². The van der Waals surface area contributed by atoms with E-state index >= 15 is 0 Å². The Balaban J connectivity index is 1.56. The van der Waals surface area contributed by atoms with Crippen molar-refractivity contribution >= 4 is 17.5 Å². The minimum atomic E-state index is -0.350. The number of carbonyl (C=O) groups excluding carboxylic acids is 2. The van der Waals surface area contributed by atoms with Crippen molar-refractivity contribution in [3.05, 3.63) is 54.1 Å². The highest BCUT2D eigenvalue weighted by molar-refractivity contribution is 6.00. The molecule has 1 aliphatic rings. The van der Waals surface area contributed by atoms with Gasteiger partial charge >= 0.3 is 0 Å². The molecule has 6 heteroatoms. The first-order valence-electron chi connectivity index (χ1n) is 9.44. The van der Waals surface area contributed by atoms with Crippen LogP contribution in [0.1, 0.15) is 25.8 Å². The number of methoxy groups -OCH3 is 1. The number of hydrogen-bond donors (Lipinski definition) is 1. The van der Waals surface area contributed by atoms with Gasteiger partial charge in [-0.2, -0.15) is 0 Å². The summed E-state index contributed by atoms with van der Waals surface area (Å²) in [5.41, 5.74) is 1.77. The summed E-state index contributed by atoms with van der Waals surface area (Å²) >= 11 is 0. The number of nitrogens with zero attached hydrogens (tertiary/aromatic N) is 1. The molecule has 2 aromatic carbocycles. The van der Waals surface area contributed by atoms with Crippen molar-refractivity contribution in [2.45, 2.75) is 32.9 Å². The predicted molar refractivity (Wildman–Crippen MR) is 108 cm³/mol. The summed E-state index contributed by atoms with van der Waals surface area (Å²) < 4.78 is 10.8. The zero-order valence-electron chi connectivity index (χ0n) is 16.5. The molecule has 2 aromatic rings. The molecule has 2 amide bonds. The van der Waals surface area contributed by atoms with Crippen LogP contribution < -0.4 is 19.7 Å². The molecule has 3 rings (SSSR count). The minimum absolute atomic E-state index is 0.0397. The van der Waals surface area contributed by atoms with Gasteiger partial charge in [-0.1, -0.05) is 12.1 Å². The Hall–Kier alpha value is -3.02. The van der Waals surface area contributed by atoms with E-state index in [4.69, 9.17) is 9.47 Å². The van der Waals surface area contributed by atoms with Crippen LogP contribution in [0.25, 0.3) is 0 Å². The molecule has 1 fully saturated rings. The number of hydrogen-bond acceptors (Lipinski definition) is 4. The Morgan fingerprint density at radius 1 is 1.11 bits per heavy atom. The summed E-state index contributed by atoms with van der Waals surface area (Å²) in [6.07, 6.45) is 0.316. The second-order valence-corrected chi connectivity index (χ2v) is 7.13. The van der Waals surface area contributed by atoms with E-state index < -0.39 is 0 Å². The first-order chi connectivity index (χ1) is 13.5. The Morgan fingerprint density at radius 3 is 2.36 bits per heavy atom. The van der Waals surface area contributed by atoms with Crippen molar-refractivity contribution in [1.82, 2.24) is 5.32 Å². The molecule has 1 N–H and O–H groups in total. The van der Waals surface area contributed by atoms with Crippen LogP contribution in [0, 0.1) is 5.92 Å². The monoisotopic (exact) mass is 382 g/mol. The van der Waals surface area contributed by atoms with E-state index in [1.807, 2.05) is 62.4 Å². The number of ether oxygens (including phenoxy) is 2. The van der Waals surface area contributed by atoms with Crippen LogP contribution in [-0.4, -0.2) is 31.6 Å². The van der Waals surface area contributed by atoms with E-state index in [9.17, 15) is 9.59 Å². The number of benzene rings is 2. The number of nitrogens with one attached hydrogen (secondary N) is 1. The first kappa shape index (κ1) is 19.7. The van der Waals surface area contributed by atoms with Crippen LogP contribution in [0.4, 0.5) is 5.69 Å². The number of rotatable bonds is 7. The van der Waals surface area contributed by atoms with Gasteiger partial charge in [0.05, 0.1) is 19.1 Å². The van der Waals surface area contributed by atoms with Crippen LogP contribution >= 0.6 is 0 Å². The third-order valence-electron chi connectivity index (χ3n) is 4.64. The third kappa shape index (κ3) is 4.82. The van der Waals surface area contributed by atoms with Crippen molar-refractivity contribution in [1.29, 1.82) is 0 Å². The maximum atomic E-state index is 12.5. The van der Waals surface area contributed by atoms with Gasteiger partial charge in [-0.25, -0.2) is 0 Å². The molecule has 0 saturated carbocycles. The molecule has 28 heavy (non-hydrogen) atoms. The topological polar surface area (TPSA) is 67.9 Å². The fraction of sp³-hybridized carbons (Fsp3) is 0.364. The van der Waals surface area contributed by atoms with Crippen molar-refractivity contribution in [3.63, 3.8) is 0 Å². The van der Waals surface area contributed by atoms with Gasteiger partial charge in [-0.3, -0.25) is 9.59 Å². The zero-order chi connectivity index (χ0) is 20.1. The van der Waals surface area contributed by atoms with Gasteiger partial charge in [0.15, 0.2) is 0 Å². The highest BCUT2D eigenvalue weighted by Crippen LogP contribution is 2.27. The van der Waals surface area contributed by atoms with Crippen LogP contribution in [0.3, 0.4) is 0 Å². The summed E-state index contributed by atoms with van der Waals surface area (Å²) in [7, 11) is 1.62. The number of anilines is 1. The van der Waals surface area contributed by atoms with Gasteiger partial charge in [0.25, 0.3) is 0 Å². The Morgan fingerprint density at radius 2 is 1.75 bits per heavy atom. The maximum Gasteiger partial charge on any atom is 0.227 e. The zero-order valence-corrected chi connectivity index (χ0v) is 16.5. The normalized spacial score (nSPS) is 16.4. The first-order valence-corrected chi connectivity index (χ1v) is 9.44. The van der Waals surface area contributed by atoms with E-state index in [2.05, 4.69) is 5.32 Å². The lowest BCUT2D eigenvalue weighted by molar-refractivity contribution is -0.126. The molecular formula is C22H26N2O4. The van der Waals surface area contributed by atoms with E-state index in [1.54, 1.807) is 12.0 Å². The van der Waals surface area contributed by atoms with E-state index in [0.717, 1.165) is 22.7 Å². The molecule has 148 valence electrons. The summed E-state index contributed by atoms with van der Waals surface area (Å²) in [6.45, 7) is 4.74. The van der Waals surface area contributed by atoms with Gasteiger partial charge in [-0.05, 0) is 55.8 Å². The second-order valence-electron chi connectivity index (χ2n) is 7.13. The molecule has 1 saturated heterocycles. The van der Waals surface area contributed by atoms with Gasteiger partial charge in [-0.15, -0.1) is 0 Å². The quantitative estimate of drug-likeness (QED) is 0.799. The molecule has 1 atom stereocenters. The lowest BCUT2D eigenvalue weighted by atomic mass is 10.1. The largest absolute Gasteiger partial charge is 0.497 e. The number of carbonyl (C=O) groups is 2. The maximum absolute atomic E-state index is 12.5. The highest BCUT2D eigenvalue weighted by atomic mass is 16.5. The van der Waals surface area contributed by atoms with Crippen LogP contribution in [0.15, 0.2) is 48.5 Å². The Bertz CT molecular complexity index is 815. The van der Waals surface area contributed by atoms with Gasteiger partial charge in [0, 0.05) is 25.2 Å². The molecule has 1 aliphatic heterocycles. The van der Waals surface area contributed by atoms with Gasteiger partial charge in [0.2, 0.25) is 11.8 Å². The average molecular weight is 382 g/mol. The van der Waals surface area contributed by atoms with E-state index in [0.29, 0.717) is 13.1 Å². The standard InChI is InChI=1S/C22H26N2O4/c1-15(2)28-20-10-6-18(7-11-20)24-14-17(12-21(24)25)22(26)23-13-16-4-8-19(27-3)9-5-16/h4-11,15,17H,12-14H2,1-3H3,(H,23,26). The Labute approximate surface area is 165 Å². The molecule has 0 aromatic heterocycles. The molecule has 1 heterocycles. The lowest BCUT2D eigenvalue weighted by Gasteiger charge is -2.18. The highest BCUT2D eigenvalue weighted by Gasteiger charge is 2.35. The second kappa shape index (κ2) is 8.78. The smallest absolute Gasteiger partial charge is 0.227 e. The predicted octanol–water partition coefficient (Wildman–Crippen LogP) is 3.15. The lowest BCUT2D eigenvalue weighted by Crippen LogP contribution is -2.32. The SMILES string of the molecule is COc1ccc(CNC(=O)C2CC(=O)N(c3ccc(OC(C)C)cc3)C2)cc1. The molecule has 0 aliphatic carbocycles. The molecule has 0 bridgehead atoms. The average Bonchev–Trinajstić information content (AvgIpc) is 3.08. The van der Waals surface area contributed by atoms with Crippen LogP contribution in [0.5, 0.6) is 11.5 Å². The third-order valence-corrected chi connectivity index (χ3v) is 4.64. The van der Waals surface area contributed by atoms with Crippen molar-refractivity contribution in [2.75, 3.05) is 18.6 Å². The fourth-order valence-corrected chi connectivity index (χ4v) is 3.19. The fourth-order valence-electron chi connectivity index (χ4n) is 3.19. The van der Waals surface area contributed by atoms with Crippen molar-refractivity contribution in [2.24, 2.45) is 5.92 Å². The summed E-state index contributed by atoms with van der Waals surface area (Å²) in [5, 5.41) is 2.92. The minimum Gasteiger partial charge on any atom is -0.497 e. The molecule has 1 unspecified atom stereocenters. The summed E-state index contributed by atoms with van der Waals surface area (Å²) in [4.78, 5) is 26.6. The van der Waals surface area contributed by atoms with Crippen LogP contribution in [-0.2, 0) is 16.1 Å². The summed E-state index contributed by atoms with van der Waals surface area (Å²) in [5.74, 6) is 1.04. The van der Waals surface area contributed by atoms with Crippen molar-refractivity contribution < 1.29 is 19.1 Å². The van der Waals surface area contributed by atoms with E-state index in [-0.39, 0.29) is 30.3 Å². The molecular weight excluding hydrogens is 356 g/mol. The van der Waals surface area contributed by atoms with E-state index in [1.165, 1.54) is 0 Å². The van der Waals surface area contributed by atoms with Crippen LogP contribution in [0.2, 0.25) is 0 Å². The molecule has 0 spiro atoms. The van der Waals surface area contributed by atoms with Crippen molar-refractivity contribution in [3.8, 4) is 11.5 Å². The summed E-state index contributed by atoms with van der Waals surface area (Å²) in [6, 6.07) is 14.9. The number of amides is 2. The molecule has 0 radical (unpaired) electrons. The Kier molecular flexibility index (Phi) is 6.19. The van der Waals surface area contributed by atoms with Gasteiger partial charge < -0.3 is 19.7 Å².